The number of rotatable bonds is 6. The number of nitrogens with one attached hydrogen (secondary N) is 1. The van der Waals surface area contributed by atoms with Gasteiger partial charge in [-0.25, -0.2) is 4.98 Å². The number of hydrazine groups is 1. The summed E-state index contributed by atoms with van der Waals surface area (Å²) in [6, 6.07) is 9.32. The topological polar surface area (TPSA) is 69.4 Å². The van der Waals surface area contributed by atoms with Crippen molar-refractivity contribution >= 4 is 11.6 Å². The van der Waals surface area contributed by atoms with E-state index in [1.54, 1.807) is 26.5 Å². The van der Waals surface area contributed by atoms with E-state index >= 15 is 0 Å². The fraction of sp³-hybridized carbons (Fsp3) is 0.267. The smallest absolute Gasteiger partial charge is 0.212 e. The molecule has 0 aliphatic carbocycles. The fourth-order valence-corrected chi connectivity index (χ4v) is 2.25. The summed E-state index contributed by atoms with van der Waals surface area (Å²) in [6.45, 7) is 0. The van der Waals surface area contributed by atoms with E-state index in [2.05, 4.69) is 10.4 Å². The standard InChI is InChI=1S/C15H18ClN3O2/c1-20-14-8-11(4-5-12(14)16)13(19-17)7-10-3-6-15(21-2)18-9-10/h3-6,8-9,13,19H,7,17H2,1-2H3. The van der Waals surface area contributed by atoms with Gasteiger partial charge in [-0.1, -0.05) is 23.7 Å². The highest BCUT2D eigenvalue weighted by Crippen LogP contribution is 2.28. The summed E-state index contributed by atoms with van der Waals surface area (Å²) < 4.78 is 10.3. The molecule has 0 spiro atoms. The third-order valence-electron chi connectivity index (χ3n) is 3.23. The van der Waals surface area contributed by atoms with Crippen molar-refractivity contribution in [2.75, 3.05) is 14.2 Å². The third-order valence-corrected chi connectivity index (χ3v) is 3.54. The van der Waals surface area contributed by atoms with Crippen LogP contribution in [0.5, 0.6) is 11.6 Å². The lowest BCUT2D eigenvalue weighted by Crippen LogP contribution is -2.29. The van der Waals surface area contributed by atoms with Gasteiger partial charge in [-0.2, -0.15) is 0 Å². The van der Waals surface area contributed by atoms with Gasteiger partial charge in [0.15, 0.2) is 0 Å². The van der Waals surface area contributed by atoms with Gasteiger partial charge in [-0.05, 0) is 29.7 Å². The first kappa shape index (κ1) is 15.6. The molecular formula is C15H18ClN3O2. The van der Waals surface area contributed by atoms with Gasteiger partial charge in [0.2, 0.25) is 5.88 Å². The number of hydrogen-bond donors (Lipinski definition) is 2. The molecule has 2 aromatic rings. The Balaban J connectivity index is 2.18. The number of aromatic nitrogens is 1. The predicted octanol–water partition coefficient (Wildman–Crippen LogP) is 2.50. The molecule has 21 heavy (non-hydrogen) atoms. The van der Waals surface area contributed by atoms with Gasteiger partial charge < -0.3 is 9.47 Å². The van der Waals surface area contributed by atoms with Crippen LogP contribution in [0, 0.1) is 0 Å². The van der Waals surface area contributed by atoms with Crippen molar-refractivity contribution in [1.29, 1.82) is 0 Å². The summed E-state index contributed by atoms with van der Waals surface area (Å²) in [7, 11) is 3.18. The zero-order valence-electron chi connectivity index (χ0n) is 12.0. The predicted molar refractivity (Wildman–Crippen MR) is 82.6 cm³/mol. The number of ether oxygens (including phenoxy) is 2. The van der Waals surface area contributed by atoms with Crippen LogP contribution >= 0.6 is 11.6 Å². The lowest BCUT2D eigenvalue weighted by atomic mass is 10.0. The zero-order valence-corrected chi connectivity index (χ0v) is 12.7. The molecular weight excluding hydrogens is 290 g/mol. The number of nitrogens with two attached hydrogens (primary N) is 1. The maximum absolute atomic E-state index is 6.04. The second-order valence-corrected chi connectivity index (χ2v) is 4.93. The van der Waals surface area contributed by atoms with Gasteiger partial charge in [-0.15, -0.1) is 0 Å². The lowest BCUT2D eigenvalue weighted by Gasteiger charge is -2.17. The van der Waals surface area contributed by atoms with Crippen molar-refractivity contribution in [3.63, 3.8) is 0 Å². The summed E-state index contributed by atoms with van der Waals surface area (Å²) in [5, 5.41) is 0.572. The Bertz CT molecular complexity index is 590. The molecule has 5 nitrogen and oxygen atoms in total. The van der Waals surface area contributed by atoms with E-state index in [1.807, 2.05) is 24.3 Å². The van der Waals surface area contributed by atoms with Gasteiger partial charge in [0, 0.05) is 12.3 Å². The molecule has 0 saturated heterocycles. The van der Waals surface area contributed by atoms with Crippen LogP contribution in [-0.2, 0) is 6.42 Å². The van der Waals surface area contributed by atoms with E-state index in [9.17, 15) is 0 Å². The Hall–Kier alpha value is -1.82. The normalized spacial score (nSPS) is 12.0. The first-order valence-electron chi connectivity index (χ1n) is 6.46. The first-order valence-corrected chi connectivity index (χ1v) is 6.84. The molecule has 1 aromatic carbocycles. The van der Waals surface area contributed by atoms with Crippen LogP contribution in [0.15, 0.2) is 36.5 Å². The Labute approximate surface area is 129 Å². The summed E-state index contributed by atoms with van der Waals surface area (Å²) in [6.07, 6.45) is 2.47. The average molecular weight is 308 g/mol. The van der Waals surface area contributed by atoms with Crippen LogP contribution in [0.1, 0.15) is 17.2 Å². The maximum Gasteiger partial charge on any atom is 0.212 e. The summed E-state index contributed by atoms with van der Waals surface area (Å²) in [4.78, 5) is 4.19. The number of nitrogens with zero attached hydrogens (tertiary/aromatic N) is 1. The molecule has 0 bridgehead atoms. The van der Waals surface area contributed by atoms with Crippen LogP contribution in [0.2, 0.25) is 5.02 Å². The molecule has 0 amide bonds. The number of benzene rings is 1. The van der Waals surface area contributed by atoms with Crippen LogP contribution in [0.3, 0.4) is 0 Å². The van der Waals surface area contributed by atoms with E-state index in [1.165, 1.54) is 0 Å². The van der Waals surface area contributed by atoms with Crippen LogP contribution < -0.4 is 20.7 Å². The van der Waals surface area contributed by atoms with E-state index < -0.39 is 0 Å². The number of pyridine rings is 1. The molecule has 0 radical (unpaired) electrons. The average Bonchev–Trinajstić information content (AvgIpc) is 2.54. The number of methoxy groups -OCH3 is 2. The monoisotopic (exact) mass is 307 g/mol. The molecule has 112 valence electrons. The van der Waals surface area contributed by atoms with E-state index in [0.717, 1.165) is 11.1 Å². The van der Waals surface area contributed by atoms with Crippen molar-refractivity contribution in [3.05, 3.63) is 52.7 Å². The summed E-state index contributed by atoms with van der Waals surface area (Å²) in [5.74, 6) is 6.88. The Morgan fingerprint density at radius 3 is 2.62 bits per heavy atom. The molecule has 1 aromatic heterocycles. The van der Waals surface area contributed by atoms with Gasteiger partial charge in [0.25, 0.3) is 0 Å². The highest BCUT2D eigenvalue weighted by Gasteiger charge is 2.13. The quantitative estimate of drug-likeness (QED) is 0.634. The van der Waals surface area contributed by atoms with E-state index in [4.69, 9.17) is 26.9 Å². The minimum atomic E-state index is -0.0636. The minimum absolute atomic E-state index is 0.0636. The second kappa shape index (κ2) is 7.26. The highest BCUT2D eigenvalue weighted by atomic mass is 35.5. The molecule has 1 unspecified atom stereocenters. The molecule has 1 atom stereocenters. The molecule has 3 N–H and O–H groups in total. The molecule has 6 heteroatoms. The van der Waals surface area contributed by atoms with Gasteiger partial charge in [0.05, 0.1) is 25.3 Å². The maximum atomic E-state index is 6.04. The molecule has 0 aliphatic heterocycles. The van der Waals surface area contributed by atoms with Crippen LogP contribution in [0.25, 0.3) is 0 Å². The largest absolute Gasteiger partial charge is 0.495 e. The van der Waals surface area contributed by atoms with Crippen molar-refractivity contribution < 1.29 is 9.47 Å². The van der Waals surface area contributed by atoms with Crippen molar-refractivity contribution in [2.24, 2.45) is 5.84 Å². The minimum Gasteiger partial charge on any atom is -0.495 e. The van der Waals surface area contributed by atoms with Crippen molar-refractivity contribution in [2.45, 2.75) is 12.5 Å². The van der Waals surface area contributed by atoms with Gasteiger partial charge in [-0.3, -0.25) is 11.3 Å². The fourth-order valence-electron chi connectivity index (χ4n) is 2.05. The zero-order chi connectivity index (χ0) is 15.2. The van der Waals surface area contributed by atoms with Crippen LogP contribution in [0.4, 0.5) is 0 Å². The number of hydrogen-bond acceptors (Lipinski definition) is 5. The second-order valence-electron chi connectivity index (χ2n) is 4.53. The SMILES string of the molecule is COc1ccc(CC(NN)c2ccc(Cl)c(OC)c2)cn1. The summed E-state index contributed by atoms with van der Waals surface area (Å²) in [5.41, 5.74) is 4.85. The van der Waals surface area contributed by atoms with Crippen LogP contribution in [-0.4, -0.2) is 19.2 Å². The number of halogens is 1. The molecule has 0 fully saturated rings. The van der Waals surface area contributed by atoms with Crippen molar-refractivity contribution in [3.8, 4) is 11.6 Å². The molecule has 0 saturated carbocycles. The third kappa shape index (κ3) is 3.85. The van der Waals surface area contributed by atoms with E-state index in [-0.39, 0.29) is 6.04 Å². The Morgan fingerprint density at radius 1 is 1.24 bits per heavy atom. The first-order chi connectivity index (χ1) is 10.2. The molecule has 0 aliphatic rings. The van der Waals surface area contributed by atoms with E-state index in [0.29, 0.717) is 23.1 Å². The Morgan fingerprint density at radius 2 is 2.05 bits per heavy atom. The van der Waals surface area contributed by atoms with Gasteiger partial charge >= 0.3 is 0 Å². The van der Waals surface area contributed by atoms with Crippen molar-refractivity contribution in [1.82, 2.24) is 10.4 Å². The molecule has 2 rings (SSSR count). The lowest BCUT2D eigenvalue weighted by molar-refractivity contribution is 0.397. The molecule has 1 heterocycles. The van der Waals surface area contributed by atoms with Gasteiger partial charge in [0.1, 0.15) is 5.75 Å². The highest BCUT2D eigenvalue weighted by molar-refractivity contribution is 6.32. The summed E-state index contributed by atoms with van der Waals surface area (Å²) >= 11 is 6.04. The Kier molecular flexibility index (Phi) is 5.38.